The first kappa shape index (κ1) is 15.4. The number of benzene rings is 1. The summed E-state index contributed by atoms with van der Waals surface area (Å²) in [6.45, 7) is 0.374. The summed E-state index contributed by atoms with van der Waals surface area (Å²) < 4.78 is 13.0. The monoisotopic (exact) mass is 314 g/mol. The number of nitrogens with zero attached hydrogens (tertiary/aromatic N) is 3. The van der Waals surface area contributed by atoms with Gasteiger partial charge in [0, 0.05) is 24.1 Å². The zero-order chi connectivity index (χ0) is 16.1. The molecule has 1 fully saturated rings. The van der Waals surface area contributed by atoms with Gasteiger partial charge in [0.2, 0.25) is 0 Å². The van der Waals surface area contributed by atoms with Crippen LogP contribution in [0, 0.1) is 5.82 Å². The third-order valence-corrected chi connectivity index (χ3v) is 4.05. The highest BCUT2D eigenvalue weighted by molar-refractivity contribution is 5.89. The summed E-state index contributed by atoms with van der Waals surface area (Å²) in [5.41, 5.74) is 0.577. The molecule has 1 aromatic heterocycles. The van der Waals surface area contributed by atoms with Crippen LogP contribution in [0.5, 0.6) is 0 Å². The Labute approximate surface area is 134 Å². The predicted octanol–water partition coefficient (Wildman–Crippen LogP) is 3.59. The van der Waals surface area contributed by atoms with Crippen molar-refractivity contribution in [2.24, 2.45) is 0 Å². The van der Waals surface area contributed by atoms with Crippen LogP contribution in [0.4, 0.5) is 14.9 Å². The second kappa shape index (κ2) is 7.17. The minimum absolute atomic E-state index is 0.194. The number of carbonyl (C=O) groups excluding carboxylic acids is 1. The van der Waals surface area contributed by atoms with E-state index in [0.717, 1.165) is 25.7 Å². The summed E-state index contributed by atoms with van der Waals surface area (Å²) in [4.78, 5) is 22.9. The molecule has 1 heterocycles. The highest BCUT2D eigenvalue weighted by Crippen LogP contribution is 2.25. The Hall–Kier alpha value is -2.50. The third-order valence-electron chi connectivity index (χ3n) is 4.05. The van der Waals surface area contributed by atoms with Gasteiger partial charge in [0.1, 0.15) is 11.6 Å². The molecule has 3 rings (SSSR count). The molecule has 2 aromatic rings. The summed E-state index contributed by atoms with van der Waals surface area (Å²) in [6, 6.07) is 7.52. The molecule has 0 bridgehead atoms. The van der Waals surface area contributed by atoms with Crippen LogP contribution in [0.25, 0.3) is 0 Å². The lowest BCUT2D eigenvalue weighted by atomic mass is 10.2. The zero-order valence-corrected chi connectivity index (χ0v) is 12.8. The Morgan fingerprint density at radius 2 is 1.83 bits per heavy atom. The maximum absolute atomic E-state index is 13.0. The number of hydrogen-bond donors (Lipinski definition) is 1. The molecule has 0 unspecified atom stereocenters. The van der Waals surface area contributed by atoms with Crippen LogP contribution < -0.4 is 5.32 Å². The van der Waals surface area contributed by atoms with E-state index in [1.165, 1.54) is 12.1 Å². The lowest BCUT2D eigenvalue weighted by Crippen LogP contribution is -2.41. The number of hydrogen-bond acceptors (Lipinski definition) is 3. The van der Waals surface area contributed by atoms with Crippen LogP contribution >= 0.6 is 0 Å². The van der Waals surface area contributed by atoms with E-state index in [4.69, 9.17) is 0 Å². The number of halogens is 1. The molecule has 0 saturated heterocycles. The summed E-state index contributed by atoms with van der Waals surface area (Å²) in [7, 11) is 0. The van der Waals surface area contributed by atoms with Gasteiger partial charge in [0.15, 0.2) is 0 Å². The van der Waals surface area contributed by atoms with Crippen LogP contribution in [0.15, 0.2) is 42.7 Å². The van der Waals surface area contributed by atoms with Crippen molar-refractivity contribution in [2.75, 3.05) is 5.32 Å². The molecule has 0 aliphatic heterocycles. The van der Waals surface area contributed by atoms with Gasteiger partial charge in [-0.15, -0.1) is 0 Å². The van der Waals surface area contributed by atoms with Crippen molar-refractivity contribution in [1.82, 2.24) is 14.9 Å². The van der Waals surface area contributed by atoms with Gasteiger partial charge in [-0.3, -0.25) is 0 Å². The summed E-state index contributed by atoms with van der Waals surface area (Å²) in [5.74, 6) is 0.294. The van der Waals surface area contributed by atoms with Crippen LogP contribution in [0.3, 0.4) is 0 Å². The first-order chi connectivity index (χ1) is 11.2. The van der Waals surface area contributed by atoms with Crippen molar-refractivity contribution in [1.29, 1.82) is 0 Å². The van der Waals surface area contributed by atoms with Crippen molar-refractivity contribution < 1.29 is 9.18 Å². The average Bonchev–Trinajstić information content (AvgIpc) is 3.10. The Morgan fingerprint density at radius 3 is 2.48 bits per heavy atom. The van der Waals surface area contributed by atoms with Crippen molar-refractivity contribution in [2.45, 2.75) is 38.3 Å². The van der Waals surface area contributed by atoms with Crippen molar-refractivity contribution in [3.63, 3.8) is 0 Å². The van der Waals surface area contributed by atoms with Crippen molar-refractivity contribution >= 4 is 11.7 Å². The number of amides is 2. The van der Waals surface area contributed by atoms with E-state index in [-0.39, 0.29) is 17.9 Å². The Kier molecular flexibility index (Phi) is 4.80. The van der Waals surface area contributed by atoms with E-state index in [1.54, 1.807) is 35.5 Å². The fourth-order valence-electron chi connectivity index (χ4n) is 2.88. The Bertz CT molecular complexity index is 641. The van der Waals surface area contributed by atoms with Crippen molar-refractivity contribution in [3.05, 3.63) is 54.4 Å². The van der Waals surface area contributed by atoms with E-state index in [2.05, 4.69) is 15.3 Å². The van der Waals surface area contributed by atoms with Gasteiger partial charge in [0.05, 0.1) is 6.54 Å². The molecule has 1 aromatic carbocycles. The number of rotatable bonds is 4. The third kappa shape index (κ3) is 4.03. The van der Waals surface area contributed by atoms with Crippen LogP contribution in [-0.4, -0.2) is 26.9 Å². The minimum Gasteiger partial charge on any atom is -0.314 e. The maximum Gasteiger partial charge on any atom is 0.322 e. The fraction of sp³-hybridized carbons (Fsp3) is 0.353. The first-order valence-electron chi connectivity index (χ1n) is 7.81. The highest BCUT2D eigenvalue weighted by Gasteiger charge is 2.27. The van der Waals surface area contributed by atoms with E-state index in [0.29, 0.717) is 18.1 Å². The standard InChI is InChI=1S/C17H19FN4O/c18-13-6-8-14(9-7-13)21-17(23)22(15-4-1-2-5-15)12-16-19-10-3-11-20-16/h3,6-11,15H,1-2,4-5,12H2,(H,21,23). The molecule has 1 aliphatic rings. The number of urea groups is 1. The number of aromatic nitrogens is 2. The molecule has 2 amide bonds. The predicted molar refractivity (Wildman–Crippen MR) is 85.2 cm³/mol. The lowest BCUT2D eigenvalue weighted by molar-refractivity contribution is 0.182. The van der Waals surface area contributed by atoms with Crippen LogP contribution in [0.2, 0.25) is 0 Å². The molecule has 1 aliphatic carbocycles. The van der Waals surface area contributed by atoms with E-state index in [1.807, 2.05) is 0 Å². The second-order valence-corrected chi connectivity index (χ2v) is 5.67. The molecule has 0 atom stereocenters. The molecule has 0 radical (unpaired) electrons. The first-order valence-corrected chi connectivity index (χ1v) is 7.81. The van der Waals surface area contributed by atoms with E-state index >= 15 is 0 Å². The average molecular weight is 314 g/mol. The quantitative estimate of drug-likeness (QED) is 0.938. The van der Waals surface area contributed by atoms with Gasteiger partial charge in [-0.1, -0.05) is 12.8 Å². The van der Waals surface area contributed by atoms with Crippen molar-refractivity contribution in [3.8, 4) is 0 Å². The van der Waals surface area contributed by atoms with Gasteiger partial charge in [-0.2, -0.15) is 0 Å². The van der Waals surface area contributed by atoms with E-state index in [9.17, 15) is 9.18 Å². The van der Waals surface area contributed by atoms with Gasteiger partial charge in [0.25, 0.3) is 0 Å². The van der Waals surface area contributed by atoms with E-state index < -0.39 is 0 Å². The lowest BCUT2D eigenvalue weighted by Gasteiger charge is -2.28. The smallest absolute Gasteiger partial charge is 0.314 e. The summed E-state index contributed by atoms with van der Waals surface area (Å²) >= 11 is 0. The van der Waals surface area contributed by atoms with Gasteiger partial charge in [-0.25, -0.2) is 19.2 Å². The highest BCUT2D eigenvalue weighted by atomic mass is 19.1. The number of anilines is 1. The van der Waals surface area contributed by atoms with Crippen LogP contribution in [-0.2, 0) is 6.54 Å². The molecule has 5 nitrogen and oxygen atoms in total. The second-order valence-electron chi connectivity index (χ2n) is 5.67. The summed E-state index contributed by atoms with van der Waals surface area (Å²) in [6.07, 6.45) is 7.58. The molecule has 120 valence electrons. The molecular formula is C17H19FN4O. The number of nitrogens with one attached hydrogen (secondary N) is 1. The molecule has 1 saturated carbocycles. The van der Waals surface area contributed by atoms with Gasteiger partial charge in [-0.05, 0) is 43.2 Å². The topological polar surface area (TPSA) is 58.1 Å². The molecular weight excluding hydrogens is 295 g/mol. The molecule has 1 N–H and O–H groups in total. The van der Waals surface area contributed by atoms with Crippen LogP contribution in [0.1, 0.15) is 31.5 Å². The Balaban J connectivity index is 1.73. The normalized spacial score (nSPS) is 14.7. The molecule has 0 spiro atoms. The molecule has 23 heavy (non-hydrogen) atoms. The fourth-order valence-corrected chi connectivity index (χ4v) is 2.88. The SMILES string of the molecule is O=C(Nc1ccc(F)cc1)N(Cc1ncccn1)C1CCCC1. The molecule has 6 heteroatoms. The summed E-state index contributed by atoms with van der Waals surface area (Å²) in [5, 5.41) is 2.83. The zero-order valence-electron chi connectivity index (χ0n) is 12.8. The Morgan fingerprint density at radius 1 is 1.17 bits per heavy atom. The largest absolute Gasteiger partial charge is 0.322 e. The maximum atomic E-state index is 13.0. The van der Waals surface area contributed by atoms with Gasteiger partial charge >= 0.3 is 6.03 Å². The minimum atomic E-state index is -0.326. The van der Waals surface area contributed by atoms with Gasteiger partial charge < -0.3 is 10.2 Å². The number of carbonyl (C=O) groups is 1.